The van der Waals surface area contributed by atoms with Crippen LogP contribution in [0.5, 0.6) is 0 Å². The van der Waals surface area contributed by atoms with Crippen LogP contribution in [-0.2, 0) is 31.0 Å². The first-order valence-electron chi connectivity index (χ1n) is 11.5. The van der Waals surface area contributed by atoms with Crippen molar-refractivity contribution in [3.8, 4) is 0 Å². The van der Waals surface area contributed by atoms with E-state index in [-0.39, 0.29) is 11.9 Å². The molecule has 0 unspecified atom stereocenters. The highest BCUT2D eigenvalue weighted by atomic mass is 16.2. The Balaban J connectivity index is 1.25. The van der Waals surface area contributed by atoms with Gasteiger partial charge in [-0.1, -0.05) is 36.4 Å². The van der Waals surface area contributed by atoms with Gasteiger partial charge in [-0.2, -0.15) is 0 Å². The Labute approximate surface area is 196 Å². The molecule has 4 N–H and O–H groups in total. The molecule has 2 aromatic heterocycles. The zero-order chi connectivity index (χ0) is 23.1. The molecule has 7 nitrogen and oxygen atoms in total. The SMILES string of the molecule is C[C@H](NCc1ccccn1)C(=O)NCc1ccc(CNCCCNCc2ccccn2)cc1. The van der Waals surface area contributed by atoms with Crippen molar-refractivity contribution in [3.05, 3.63) is 95.6 Å². The maximum atomic E-state index is 12.3. The first kappa shape index (κ1) is 24.5. The second-order valence-electron chi connectivity index (χ2n) is 7.99. The third-order valence-corrected chi connectivity index (χ3v) is 5.27. The van der Waals surface area contributed by atoms with E-state index in [1.165, 1.54) is 5.56 Å². The summed E-state index contributed by atoms with van der Waals surface area (Å²) < 4.78 is 0. The highest BCUT2D eigenvalue weighted by molar-refractivity contribution is 5.81. The highest BCUT2D eigenvalue weighted by Gasteiger charge is 2.11. The molecule has 1 amide bonds. The van der Waals surface area contributed by atoms with Gasteiger partial charge in [0.05, 0.1) is 17.4 Å². The van der Waals surface area contributed by atoms with Gasteiger partial charge in [0.2, 0.25) is 5.91 Å². The van der Waals surface area contributed by atoms with Gasteiger partial charge in [0.15, 0.2) is 0 Å². The van der Waals surface area contributed by atoms with Crippen LogP contribution in [0.3, 0.4) is 0 Å². The Morgan fingerprint density at radius 1 is 0.758 bits per heavy atom. The van der Waals surface area contributed by atoms with E-state index in [1.807, 2.05) is 49.5 Å². The molecule has 33 heavy (non-hydrogen) atoms. The van der Waals surface area contributed by atoms with Crippen molar-refractivity contribution in [2.75, 3.05) is 13.1 Å². The molecule has 1 aromatic carbocycles. The Morgan fingerprint density at radius 2 is 1.33 bits per heavy atom. The van der Waals surface area contributed by atoms with E-state index in [0.717, 1.165) is 49.6 Å². The number of rotatable bonds is 14. The molecule has 0 aliphatic heterocycles. The molecule has 0 fully saturated rings. The van der Waals surface area contributed by atoms with Crippen molar-refractivity contribution in [1.82, 2.24) is 31.2 Å². The third kappa shape index (κ3) is 9.49. The van der Waals surface area contributed by atoms with Crippen LogP contribution in [0.15, 0.2) is 73.1 Å². The Kier molecular flexibility index (Phi) is 10.5. The number of carbonyl (C=O) groups excluding carboxylic acids is 1. The summed E-state index contributed by atoms with van der Waals surface area (Å²) in [5, 5.41) is 13.1. The largest absolute Gasteiger partial charge is 0.351 e. The monoisotopic (exact) mass is 446 g/mol. The Morgan fingerprint density at radius 3 is 1.94 bits per heavy atom. The normalized spacial score (nSPS) is 11.8. The van der Waals surface area contributed by atoms with Gasteiger partial charge in [-0.3, -0.25) is 14.8 Å². The van der Waals surface area contributed by atoms with Crippen LogP contribution in [0.2, 0.25) is 0 Å². The van der Waals surface area contributed by atoms with Gasteiger partial charge in [0, 0.05) is 38.6 Å². The number of amides is 1. The van der Waals surface area contributed by atoms with Gasteiger partial charge >= 0.3 is 0 Å². The first-order chi connectivity index (χ1) is 16.2. The van der Waals surface area contributed by atoms with Crippen molar-refractivity contribution >= 4 is 5.91 Å². The fourth-order valence-corrected chi connectivity index (χ4v) is 3.26. The Hall–Kier alpha value is -3.13. The number of carbonyl (C=O) groups is 1. The van der Waals surface area contributed by atoms with E-state index in [0.29, 0.717) is 13.1 Å². The molecular formula is C26H34N6O. The van der Waals surface area contributed by atoms with Crippen LogP contribution in [0.4, 0.5) is 0 Å². The van der Waals surface area contributed by atoms with E-state index in [1.54, 1.807) is 6.20 Å². The van der Waals surface area contributed by atoms with Gasteiger partial charge in [0.1, 0.15) is 0 Å². The number of benzene rings is 1. The number of pyridine rings is 2. The van der Waals surface area contributed by atoms with Crippen molar-refractivity contribution in [1.29, 1.82) is 0 Å². The van der Waals surface area contributed by atoms with Crippen molar-refractivity contribution < 1.29 is 4.79 Å². The van der Waals surface area contributed by atoms with Crippen LogP contribution in [0.1, 0.15) is 35.9 Å². The van der Waals surface area contributed by atoms with Gasteiger partial charge in [-0.15, -0.1) is 0 Å². The van der Waals surface area contributed by atoms with Gasteiger partial charge in [-0.05, 0) is 61.8 Å². The molecule has 0 saturated carbocycles. The lowest BCUT2D eigenvalue weighted by Gasteiger charge is -2.14. The van der Waals surface area contributed by atoms with E-state index in [4.69, 9.17) is 0 Å². The lowest BCUT2D eigenvalue weighted by Crippen LogP contribution is -2.41. The minimum Gasteiger partial charge on any atom is -0.351 e. The molecule has 2 heterocycles. The minimum atomic E-state index is -0.283. The summed E-state index contributed by atoms with van der Waals surface area (Å²) in [6.45, 7) is 6.50. The van der Waals surface area contributed by atoms with Crippen molar-refractivity contribution in [3.63, 3.8) is 0 Å². The van der Waals surface area contributed by atoms with E-state index in [2.05, 4.69) is 55.5 Å². The van der Waals surface area contributed by atoms with Crippen molar-refractivity contribution in [2.24, 2.45) is 0 Å². The lowest BCUT2D eigenvalue weighted by molar-refractivity contribution is -0.122. The molecule has 174 valence electrons. The van der Waals surface area contributed by atoms with Crippen molar-refractivity contribution in [2.45, 2.75) is 45.6 Å². The molecular weight excluding hydrogens is 412 g/mol. The van der Waals surface area contributed by atoms with Crippen LogP contribution >= 0.6 is 0 Å². The zero-order valence-electron chi connectivity index (χ0n) is 19.3. The van der Waals surface area contributed by atoms with Gasteiger partial charge < -0.3 is 21.3 Å². The molecule has 0 spiro atoms. The first-order valence-corrected chi connectivity index (χ1v) is 11.5. The molecule has 0 aliphatic rings. The maximum Gasteiger partial charge on any atom is 0.237 e. The predicted octanol–water partition coefficient (Wildman–Crippen LogP) is 2.54. The topological polar surface area (TPSA) is 91.0 Å². The fourth-order valence-electron chi connectivity index (χ4n) is 3.26. The average Bonchev–Trinajstić information content (AvgIpc) is 2.87. The number of hydrogen-bond acceptors (Lipinski definition) is 6. The molecule has 3 aromatic rings. The molecule has 0 bridgehead atoms. The summed E-state index contributed by atoms with van der Waals surface area (Å²) in [7, 11) is 0. The summed E-state index contributed by atoms with van der Waals surface area (Å²) in [6, 6.07) is 19.8. The molecule has 0 radical (unpaired) electrons. The quantitative estimate of drug-likeness (QED) is 0.285. The predicted molar refractivity (Wildman–Crippen MR) is 131 cm³/mol. The van der Waals surface area contributed by atoms with E-state index in [9.17, 15) is 4.79 Å². The Bertz CT molecular complexity index is 934. The maximum absolute atomic E-state index is 12.3. The summed E-state index contributed by atoms with van der Waals surface area (Å²) in [4.78, 5) is 20.9. The summed E-state index contributed by atoms with van der Waals surface area (Å²) >= 11 is 0. The molecule has 0 saturated heterocycles. The summed E-state index contributed by atoms with van der Waals surface area (Å²) in [5.74, 6) is -0.0201. The second kappa shape index (κ2) is 14.1. The zero-order valence-corrected chi connectivity index (χ0v) is 19.3. The fraction of sp³-hybridized carbons (Fsp3) is 0.346. The highest BCUT2D eigenvalue weighted by Crippen LogP contribution is 2.04. The second-order valence-corrected chi connectivity index (χ2v) is 7.99. The van der Waals surface area contributed by atoms with Crippen LogP contribution < -0.4 is 21.3 Å². The number of aromatic nitrogens is 2. The smallest absolute Gasteiger partial charge is 0.237 e. The summed E-state index contributed by atoms with van der Waals surface area (Å²) in [5.41, 5.74) is 4.30. The molecule has 7 heteroatoms. The minimum absolute atomic E-state index is 0.0201. The standard InChI is InChI=1S/C26H34N6O/c1-21(31-20-25-8-3-5-16-30-25)26(33)32-18-23-11-9-22(10-12-23)17-27-13-6-14-28-19-24-7-2-4-15-29-24/h2-5,7-12,15-16,21,27-28,31H,6,13-14,17-20H2,1H3,(H,32,33)/t21-/m0/s1. The summed E-state index contributed by atoms with van der Waals surface area (Å²) in [6.07, 6.45) is 4.63. The molecule has 0 aliphatic carbocycles. The van der Waals surface area contributed by atoms with Gasteiger partial charge in [-0.25, -0.2) is 0 Å². The van der Waals surface area contributed by atoms with Gasteiger partial charge in [0.25, 0.3) is 0 Å². The van der Waals surface area contributed by atoms with E-state index < -0.39 is 0 Å². The number of nitrogens with zero attached hydrogens (tertiary/aromatic N) is 2. The number of hydrogen-bond donors (Lipinski definition) is 4. The average molecular weight is 447 g/mol. The molecule has 1 atom stereocenters. The number of nitrogens with one attached hydrogen (secondary N) is 4. The molecule has 3 rings (SSSR count). The van der Waals surface area contributed by atoms with Crippen LogP contribution in [-0.4, -0.2) is 35.0 Å². The van der Waals surface area contributed by atoms with Crippen LogP contribution in [0.25, 0.3) is 0 Å². The van der Waals surface area contributed by atoms with E-state index >= 15 is 0 Å². The third-order valence-electron chi connectivity index (χ3n) is 5.27. The lowest BCUT2D eigenvalue weighted by atomic mass is 10.1. The van der Waals surface area contributed by atoms with Crippen LogP contribution in [0, 0.1) is 0 Å².